The van der Waals surface area contributed by atoms with Crippen molar-refractivity contribution in [2.75, 3.05) is 0 Å². The Hall–Kier alpha value is -2.14. The fourth-order valence-corrected chi connectivity index (χ4v) is 3.44. The molecule has 0 saturated carbocycles. The smallest absolute Gasteiger partial charge is 0.325 e. The molecule has 2 aliphatic rings. The number of pyridine rings is 1. The number of aromatic nitrogens is 2. The molecule has 4 heterocycles. The minimum Gasteiger partial charge on any atom is -0.333 e. The highest BCUT2D eigenvalue weighted by Gasteiger charge is 2.39. The number of nitrogens with zero attached hydrogens (tertiary/aromatic N) is 2. The summed E-state index contributed by atoms with van der Waals surface area (Å²) in [7, 11) is 0. The third-order valence-electron chi connectivity index (χ3n) is 4.53. The molecular weight excluding hydrogens is 264 g/mol. The van der Waals surface area contributed by atoms with Gasteiger partial charge in [0.05, 0.1) is 0 Å². The van der Waals surface area contributed by atoms with Crippen LogP contribution in [0.25, 0.3) is 11.1 Å². The molecule has 2 aromatic rings. The summed E-state index contributed by atoms with van der Waals surface area (Å²) in [6.07, 6.45) is 10.7. The van der Waals surface area contributed by atoms with Gasteiger partial charge in [0.25, 0.3) is 0 Å². The van der Waals surface area contributed by atoms with Crippen molar-refractivity contribution in [3.05, 3.63) is 43.0 Å². The molecular formula is C16H18N4O. The standard InChI is InChI=1S/C16H18N4O/c21-16(19-15-8-13-3-4-14(15)18-13)20-7-5-12(10-20)11-2-1-6-17-9-11/h1-2,5-7,9-10,13-15,18H,3-4,8H2,(H,19,21)/t13-,14+,15-/m1/s1. The van der Waals surface area contributed by atoms with Crippen LogP contribution < -0.4 is 10.6 Å². The van der Waals surface area contributed by atoms with Crippen LogP contribution in [0.2, 0.25) is 0 Å². The minimum absolute atomic E-state index is 0.0514. The molecule has 2 bridgehead atoms. The molecule has 2 aromatic heterocycles. The maximum Gasteiger partial charge on any atom is 0.325 e. The number of hydrogen-bond acceptors (Lipinski definition) is 3. The normalized spacial score (nSPS) is 27.0. The van der Waals surface area contributed by atoms with Gasteiger partial charge in [-0.3, -0.25) is 9.55 Å². The van der Waals surface area contributed by atoms with Gasteiger partial charge in [0, 0.05) is 54.0 Å². The molecule has 5 nitrogen and oxygen atoms in total. The van der Waals surface area contributed by atoms with Gasteiger partial charge in [0.15, 0.2) is 0 Å². The first-order valence-corrected chi connectivity index (χ1v) is 7.45. The van der Waals surface area contributed by atoms with E-state index in [1.54, 1.807) is 23.2 Å². The molecule has 4 rings (SSSR count). The molecule has 2 fully saturated rings. The third kappa shape index (κ3) is 2.34. The molecule has 0 radical (unpaired) electrons. The number of hydrogen-bond donors (Lipinski definition) is 2. The second-order valence-electron chi connectivity index (χ2n) is 5.89. The van der Waals surface area contributed by atoms with E-state index < -0.39 is 0 Å². The first-order chi connectivity index (χ1) is 10.3. The molecule has 2 aliphatic heterocycles. The van der Waals surface area contributed by atoms with Crippen molar-refractivity contribution in [2.45, 2.75) is 37.4 Å². The maximum atomic E-state index is 12.3. The number of nitrogens with one attached hydrogen (secondary N) is 2. The zero-order valence-corrected chi connectivity index (χ0v) is 11.7. The number of fused-ring (bicyclic) bond motifs is 2. The molecule has 3 atom stereocenters. The van der Waals surface area contributed by atoms with Crippen molar-refractivity contribution in [2.24, 2.45) is 0 Å². The second kappa shape index (κ2) is 5.00. The Balaban J connectivity index is 1.47. The Morgan fingerprint density at radius 2 is 2.29 bits per heavy atom. The van der Waals surface area contributed by atoms with Gasteiger partial charge >= 0.3 is 6.03 Å². The van der Waals surface area contributed by atoms with Crippen molar-refractivity contribution >= 4 is 6.03 Å². The van der Waals surface area contributed by atoms with Gasteiger partial charge < -0.3 is 10.6 Å². The van der Waals surface area contributed by atoms with Gasteiger partial charge in [-0.2, -0.15) is 0 Å². The van der Waals surface area contributed by atoms with E-state index in [9.17, 15) is 4.79 Å². The van der Waals surface area contributed by atoms with Crippen LogP contribution in [0.1, 0.15) is 19.3 Å². The van der Waals surface area contributed by atoms with Crippen LogP contribution >= 0.6 is 0 Å². The van der Waals surface area contributed by atoms with E-state index in [0.29, 0.717) is 12.1 Å². The lowest BCUT2D eigenvalue weighted by Crippen LogP contribution is -2.44. The quantitative estimate of drug-likeness (QED) is 0.885. The highest BCUT2D eigenvalue weighted by atomic mass is 16.2. The van der Waals surface area contributed by atoms with Gasteiger partial charge in [0.2, 0.25) is 0 Å². The van der Waals surface area contributed by atoms with E-state index in [4.69, 9.17) is 0 Å². The summed E-state index contributed by atoms with van der Waals surface area (Å²) in [5.41, 5.74) is 2.02. The molecule has 0 aliphatic carbocycles. The number of carbonyl (C=O) groups is 1. The largest absolute Gasteiger partial charge is 0.333 e. The number of rotatable bonds is 2. The summed E-state index contributed by atoms with van der Waals surface area (Å²) < 4.78 is 1.62. The maximum absolute atomic E-state index is 12.3. The summed E-state index contributed by atoms with van der Waals surface area (Å²) in [5, 5.41) is 6.67. The molecule has 21 heavy (non-hydrogen) atoms. The lowest BCUT2D eigenvalue weighted by molar-refractivity contribution is 0.236. The highest BCUT2D eigenvalue weighted by Crippen LogP contribution is 2.28. The van der Waals surface area contributed by atoms with E-state index in [1.165, 1.54) is 12.8 Å². The third-order valence-corrected chi connectivity index (χ3v) is 4.53. The zero-order chi connectivity index (χ0) is 14.2. The van der Waals surface area contributed by atoms with E-state index in [0.717, 1.165) is 17.5 Å². The first kappa shape index (κ1) is 12.6. The van der Waals surface area contributed by atoms with Crippen molar-refractivity contribution in [3.8, 4) is 11.1 Å². The second-order valence-corrected chi connectivity index (χ2v) is 5.89. The Bertz CT molecular complexity index is 651. The minimum atomic E-state index is -0.0514. The van der Waals surface area contributed by atoms with Gasteiger partial charge in [-0.25, -0.2) is 4.79 Å². The predicted molar refractivity (Wildman–Crippen MR) is 79.9 cm³/mol. The fourth-order valence-electron chi connectivity index (χ4n) is 3.44. The molecule has 5 heteroatoms. The fraction of sp³-hybridized carbons (Fsp3) is 0.375. The molecule has 1 amide bonds. The van der Waals surface area contributed by atoms with Gasteiger partial charge in [-0.15, -0.1) is 0 Å². The molecule has 0 spiro atoms. The van der Waals surface area contributed by atoms with Crippen LogP contribution in [0.5, 0.6) is 0 Å². The van der Waals surface area contributed by atoms with Crippen LogP contribution in [0, 0.1) is 0 Å². The lowest BCUT2D eigenvalue weighted by atomic mass is 9.96. The SMILES string of the molecule is O=C(N[C@@H]1C[C@H]2CC[C@@H]1N2)n1ccc(-c2cccnc2)c1. The molecule has 2 N–H and O–H groups in total. The number of amides is 1. The van der Waals surface area contributed by atoms with Crippen molar-refractivity contribution in [1.29, 1.82) is 0 Å². The monoisotopic (exact) mass is 282 g/mol. The van der Waals surface area contributed by atoms with Gasteiger partial charge in [0.1, 0.15) is 0 Å². The van der Waals surface area contributed by atoms with E-state index in [1.807, 2.05) is 24.4 Å². The summed E-state index contributed by atoms with van der Waals surface area (Å²) in [6, 6.07) is 7.08. The van der Waals surface area contributed by atoms with E-state index >= 15 is 0 Å². The summed E-state index contributed by atoms with van der Waals surface area (Å²) in [6.45, 7) is 0. The molecule has 0 aromatic carbocycles. The van der Waals surface area contributed by atoms with E-state index in [2.05, 4.69) is 15.6 Å². The van der Waals surface area contributed by atoms with E-state index in [-0.39, 0.29) is 12.1 Å². The Morgan fingerprint density at radius 3 is 3.00 bits per heavy atom. The topological polar surface area (TPSA) is 59.0 Å². The van der Waals surface area contributed by atoms with Crippen molar-refractivity contribution < 1.29 is 4.79 Å². The molecule has 108 valence electrons. The average Bonchev–Trinajstić information content (AvgIpc) is 3.24. The zero-order valence-electron chi connectivity index (χ0n) is 11.7. The Kier molecular flexibility index (Phi) is 3.00. The summed E-state index contributed by atoms with van der Waals surface area (Å²) in [4.78, 5) is 16.4. The molecule has 0 unspecified atom stereocenters. The van der Waals surface area contributed by atoms with Crippen LogP contribution in [-0.2, 0) is 0 Å². The molecule has 2 saturated heterocycles. The predicted octanol–water partition coefficient (Wildman–Crippen LogP) is 2.00. The van der Waals surface area contributed by atoms with Crippen LogP contribution in [0.3, 0.4) is 0 Å². The van der Waals surface area contributed by atoms with Crippen molar-refractivity contribution in [3.63, 3.8) is 0 Å². The van der Waals surface area contributed by atoms with Crippen molar-refractivity contribution in [1.82, 2.24) is 20.2 Å². The van der Waals surface area contributed by atoms with Crippen LogP contribution in [-0.4, -0.2) is 33.7 Å². The Labute approximate surface area is 123 Å². The average molecular weight is 282 g/mol. The lowest BCUT2D eigenvalue weighted by Gasteiger charge is -2.21. The van der Waals surface area contributed by atoms with Crippen LogP contribution in [0.4, 0.5) is 4.79 Å². The highest BCUT2D eigenvalue weighted by molar-refractivity contribution is 5.79. The summed E-state index contributed by atoms with van der Waals surface area (Å²) in [5.74, 6) is 0. The Morgan fingerprint density at radius 1 is 1.33 bits per heavy atom. The van der Waals surface area contributed by atoms with Gasteiger partial charge in [-0.05, 0) is 31.4 Å². The van der Waals surface area contributed by atoms with Gasteiger partial charge in [-0.1, -0.05) is 6.07 Å². The van der Waals surface area contributed by atoms with Crippen LogP contribution in [0.15, 0.2) is 43.0 Å². The summed E-state index contributed by atoms with van der Waals surface area (Å²) >= 11 is 0. The number of carbonyl (C=O) groups excluding carboxylic acids is 1. The first-order valence-electron chi connectivity index (χ1n) is 7.45.